The molecule has 2 unspecified atom stereocenters. The summed E-state index contributed by atoms with van der Waals surface area (Å²) < 4.78 is 0. The number of aryl methyl sites for hydroxylation is 4. The summed E-state index contributed by atoms with van der Waals surface area (Å²) in [4.78, 5) is 4.98. The van der Waals surface area contributed by atoms with E-state index in [1.54, 1.807) is 11.1 Å². The van der Waals surface area contributed by atoms with E-state index in [1.807, 2.05) is 6.08 Å². The van der Waals surface area contributed by atoms with Gasteiger partial charge in [-0.05, 0) is 222 Å². The molecule has 7 aromatic carbocycles. The Morgan fingerprint density at radius 2 is 1.02 bits per heavy atom. The van der Waals surface area contributed by atoms with Crippen LogP contribution in [0.25, 0.3) is 17.2 Å². The predicted molar refractivity (Wildman–Crippen MR) is 279 cm³/mol. The van der Waals surface area contributed by atoms with E-state index in [9.17, 15) is 0 Å². The standard InChI is InChI=1S/C64H64N2/c1-6-8-9-45-14-25-53(26-15-45)65(54-28-21-51(22-29-54)64-40-46-34-47(41-64)39-63(38-46,42-64)50-19-12-44(7-2)13-20-50)56-30-32-58-59-33-31-57(37-61(59)62(4,5)60(58)36-56)66(52-23-10-43(3)11-24-52)55-27-18-48-16-17-49(48)35-55/h7,10-15,18-33,35-37,46-47H,2,6,8-9,16-17,34,38-42H2,1,3-5H3. The van der Waals surface area contributed by atoms with Crippen molar-refractivity contribution in [3.05, 3.63) is 208 Å². The highest BCUT2D eigenvalue weighted by Crippen LogP contribution is 2.66. The molecule has 2 heteroatoms. The summed E-state index contributed by atoms with van der Waals surface area (Å²) in [6.07, 6.45) is 15.9. The maximum atomic E-state index is 4.03. The highest BCUT2D eigenvalue weighted by molar-refractivity contribution is 5.88. The van der Waals surface area contributed by atoms with Crippen molar-refractivity contribution in [2.24, 2.45) is 11.8 Å². The highest BCUT2D eigenvalue weighted by atomic mass is 15.1. The number of nitrogens with zero attached hydrogens (tertiary/aromatic N) is 2. The third-order valence-electron chi connectivity index (χ3n) is 17.1. The predicted octanol–water partition coefficient (Wildman–Crippen LogP) is 17.1. The second-order valence-electron chi connectivity index (χ2n) is 21.7. The van der Waals surface area contributed by atoms with Crippen LogP contribution in [0.15, 0.2) is 158 Å². The van der Waals surface area contributed by atoms with Crippen LogP contribution < -0.4 is 9.80 Å². The van der Waals surface area contributed by atoms with Gasteiger partial charge in [0.2, 0.25) is 0 Å². The van der Waals surface area contributed by atoms with Crippen molar-refractivity contribution < 1.29 is 0 Å². The molecule has 0 amide bonds. The normalized spacial score (nSPS) is 22.5. The SMILES string of the molecule is C=Cc1ccc(C23CC4CC(C2)CC(c2ccc(N(c5ccc(CCCC)cc5)c5ccc6c(c5)C(C)(C)c5cc(N(c7ccc(C)cc7)c7ccc8c(c7)CC8)ccc5-6)cc2)(C4)C3)cc1. The molecule has 0 spiro atoms. The minimum Gasteiger partial charge on any atom is -0.310 e. The van der Waals surface area contributed by atoms with Crippen molar-refractivity contribution in [2.45, 2.75) is 115 Å². The molecule has 2 atom stereocenters. The molecule has 0 saturated heterocycles. The third-order valence-corrected chi connectivity index (χ3v) is 17.1. The van der Waals surface area contributed by atoms with Crippen LogP contribution >= 0.6 is 0 Å². The van der Waals surface area contributed by atoms with E-state index in [0.29, 0.717) is 0 Å². The first-order chi connectivity index (χ1) is 32.1. The zero-order valence-electron chi connectivity index (χ0n) is 39.5. The van der Waals surface area contributed by atoms with Crippen molar-refractivity contribution in [2.75, 3.05) is 9.80 Å². The molecule has 4 saturated carbocycles. The first-order valence-corrected chi connectivity index (χ1v) is 25.1. The van der Waals surface area contributed by atoms with Gasteiger partial charge >= 0.3 is 0 Å². The number of benzene rings is 7. The second kappa shape index (κ2) is 15.8. The summed E-state index contributed by atoms with van der Waals surface area (Å²) in [5.41, 5.74) is 23.0. The van der Waals surface area contributed by atoms with E-state index in [2.05, 4.69) is 196 Å². The van der Waals surface area contributed by atoms with Crippen LogP contribution in [0.5, 0.6) is 0 Å². The Labute approximate surface area is 394 Å². The molecular weight excluding hydrogens is 797 g/mol. The number of hydrogen-bond acceptors (Lipinski definition) is 2. The van der Waals surface area contributed by atoms with E-state index in [0.717, 1.165) is 18.3 Å². The van der Waals surface area contributed by atoms with Crippen molar-refractivity contribution in [3.63, 3.8) is 0 Å². The minimum atomic E-state index is -0.198. The molecule has 6 aliphatic carbocycles. The molecule has 4 bridgehead atoms. The van der Waals surface area contributed by atoms with Gasteiger partial charge in [-0.15, -0.1) is 0 Å². The lowest BCUT2D eigenvalue weighted by Crippen LogP contribution is -2.55. The lowest BCUT2D eigenvalue weighted by Gasteiger charge is -2.63. The number of rotatable bonds is 12. The molecule has 0 N–H and O–H groups in total. The van der Waals surface area contributed by atoms with E-state index in [4.69, 9.17) is 0 Å². The molecule has 13 rings (SSSR count). The van der Waals surface area contributed by atoms with Crippen LogP contribution in [0, 0.1) is 18.8 Å². The smallest absolute Gasteiger partial charge is 0.0465 e. The van der Waals surface area contributed by atoms with Crippen molar-refractivity contribution in [1.82, 2.24) is 0 Å². The van der Waals surface area contributed by atoms with E-state index in [-0.39, 0.29) is 16.2 Å². The Bertz CT molecular complexity index is 2950. The fraction of sp³-hybridized carbons (Fsp3) is 0.312. The Balaban J connectivity index is 0.905. The van der Waals surface area contributed by atoms with Crippen LogP contribution in [0.2, 0.25) is 0 Å². The lowest BCUT2D eigenvalue weighted by molar-refractivity contribution is -0.0281. The number of fused-ring (bicyclic) bond motifs is 4. The molecule has 7 aromatic rings. The fourth-order valence-corrected chi connectivity index (χ4v) is 14.0. The van der Waals surface area contributed by atoms with Crippen molar-refractivity contribution >= 4 is 40.2 Å². The van der Waals surface area contributed by atoms with Crippen LogP contribution in [-0.2, 0) is 35.5 Å². The zero-order chi connectivity index (χ0) is 44.8. The first-order valence-electron chi connectivity index (χ1n) is 25.1. The molecule has 0 aliphatic heterocycles. The van der Waals surface area contributed by atoms with Crippen LogP contribution in [0.4, 0.5) is 34.1 Å². The molecule has 0 radical (unpaired) electrons. The quantitative estimate of drug-likeness (QED) is 0.121. The van der Waals surface area contributed by atoms with Gasteiger partial charge in [-0.3, -0.25) is 0 Å². The number of unbranched alkanes of at least 4 members (excludes halogenated alkanes) is 1. The number of hydrogen-bond donors (Lipinski definition) is 0. The van der Waals surface area contributed by atoms with Crippen LogP contribution in [0.1, 0.15) is 122 Å². The molecule has 66 heavy (non-hydrogen) atoms. The summed E-state index contributed by atoms with van der Waals surface area (Å²) in [5, 5.41) is 0. The summed E-state index contributed by atoms with van der Waals surface area (Å²) in [6, 6.07) is 59.4. The van der Waals surface area contributed by atoms with Gasteiger partial charge in [0.05, 0.1) is 0 Å². The fourth-order valence-electron chi connectivity index (χ4n) is 14.0. The molecular formula is C64H64N2. The lowest BCUT2D eigenvalue weighted by atomic mass is 9.42. The Kier molecular flexibility index (Phi) is 9.87. The summed E-state index contributed by atoms with van der Waals surface area (Å²) >= 11 is 0. The Morgan fingerprint density at radius 3 is 1.53 bits per heavy atom. The van der Waals surface area contributed by atoms with Crippen molar-refractivity contribution in [3.8, 4) is 11.1 Å². The molecule has 0 heterocycles. The maximum absolute atomic E-state index is 4.03. The van der Waals surface area contributed by atoms with E-state index in [1.165, 1.54) is 148 Å². The monoisotopic (exact) mass is 861 g/mol. The average Bonchev–Trinajstić information content (AvgIpc) is 3.54. The van der Waals surface area contributed by atoms with Gasteiger partial charge in [-0.1, -0.05) is 124 Å². The van der Waals surface area contributed by atoms with Gasteiger partial charge in [0.1, 0.15) is 0 Å². The van der Waals surface area contributed by atoms with E-state index >= 15 is 0 Å². The minimum absolute atomic E-state index is 0.198. The van der Waals surface area contributed by atoms with Gasteiger partial charge in [0.25, 0.3) is 0 Å². The molecule has 6 aliphatic rings. The molecule has 4 fully saturated rings. The summed E-state index contributed by atoms with van der Waals surface area (Å²) in [5.74, 6) is 1.62. The summed E-state index contributed by atoms with van der Waals surface area (Å²) in [7, 11) is 0. The molecule has 0 aromatic heterocycles. The van der Waals surface area contributed by atoms with Crippen LogP contribution in [-0.4, -0.2) is 0 Å². The summed E-state index contributed by atoms with van der Waals surface area (Å²) in [6.45, 7) is 13.4. The first kappa shape index (κ1) is 41.3. The van der Waals surface area contributed by atoms with Crippen molar-refractivity contribution in [1.29, 1.82) is 0 Å². The average molecular weight is 861 g/mol. The topological polar surface area (TPSA) is 6.48 Å². The highest BCUT2D eigenvalue weighted by Gasteiger charge is 2.58. The van der Waals surface area contributed by atoms with Crippen LogP contribution in [0.3, 0.4) is 0 Å². The second-order valence-corrected chi connectivity index (χ2v) is 21.7. The van der Waals surface area contributed by atoms with Gasteiger partial charge in [-0.25, -0.2) is 0 Å². The van der Waals surface area contributed by atoms with Gasteiger partial charge in [-0.2, -0.15) is 0 Å². The zero-order valence-corrected chi connectivity index (χ0v) is 39.5. The Morgan fingerprint density at radius 1 is 0.545 bits per heavy atom. The van der Waals surface area contributed by atoms with Gasteiger partial charge in [0.15, 0.2) is 0 Å². The van der Waals surface area contributed by atoms with Gasteiger partial charge < -0.3 is 9.80 Å². The largest absolute Gasteiger partial charge is 0.310 e. The Hall–Kier alpha value is -6.12. The maximum Gasteiger partial charge on any atom is 0.0465 e. The third kappa shape index (κ3) is 6.81. The number of anilines is 6. The molecule has 2 nitrogen and oxygen atoms in total. The van der Waals surface area contributed by atoms with E-state index < -0.39 is 0 Å². The molecule has 330 valence electrons. The van der Waals surface area contributed by atoms with Gasteiger partial charge in [0, 0.05) is 39.5 Å².